The summed E-state index contributed by atoms with van der Waals surface area (Å²) in [5.74, 6) is -1.88. The Kier molecular flexibility index (Phi) is 2.18. The fourth-order valence-corrected chi connectivity index (χ4v) is 0.832. The quantitative estimate of drug-likeness (QED) is 0.442. The average Bonchev–Trinajstić information content (AvgIpc) is 2.29. The highest BCUT2D eigenvalue weighted by Crippen LogP contribution is 2.12. The van der Waals surface area contributed by atoms with Crippen LogP contribution in [0.5, 0.6) is 5.88 Å². The lowest BCUT2D eigenvalue weighted by atomic mass is 10.4. The number of amides is 2. The van der Waals surface area contributed by atoms with Crippen molar-refractivity contribution in [2.75, 3.05) is 0 Å². The van der Waals surface area contributed by atoms with Crippen LogP contribution >= 0.6 is 0 Å². The van der Waals surface area contributed by atoms with Crippen LogP contribution in [-0.2, 0) is 11.2 Å². The highest BCUT2D eigenvalue weighted by Gasteiger charge is 2.14. The maximum absolute atomic E-state index is 10.6. The predicted molar refractivity (Wildman–Crippen MR) is 41.7 cm³/mol. The number of hydrogen-bond acceptors (Lipinski definition) is 4. The van der Waals surface area contributed by atoms with Crippen molar-refractivity contribution in [3.8, 4) is 5.88 Å². The Morgan fingerprint density at radius 1 is 1.46 bits per heavy atom. The van der Waals surface area contributed by atoms with Crippen LogP contribution in [0.3, 0.4) is 0 Å². The molecule has 6 N–H and O–H groups in total. The van der Waals surface area contributed by atoms with Gasteiger partial charge in [-0.3, -0.25) is 9.59 Å². The van der Waals surface area contributed by atoms with Crippen molar-refractivity contribution in [3.05, 3.63) is 11.5 Å². The summed E-state index contributed by atoms with van der Waals surface area (Å²) in [6, 6.07) is 0. The Labute approximate surface area is 72.8 Å². The van der Waals surface area contributed by atoms with E-state index in [4.69, 9.17) is 16.6 Å². The average molecular weight is 184 g/mol. The number of hydrogen-bond donors (Lipinski definition) is 4. The summed E-state index contributed by atoms with van der Waals surface area (Å²) in [4.78, 5) is 26.9. The van der Waals surface area contributed by atoms with Crippen LogP contribution in [0.2, 0.25) is 0 Å². The van der Waals surface area contributed by atoms with Crippen molar-refractivity contribution in [2.45, 2.75) is 6.42 Å². The molecule has 1 heterocycles. The molecule has 7 heteroatoms. The molecule has 13 heavy (non-hydrogen) atoms. The standard InChI is InChI=1S/C6H8N4O3/c7-2(11)1-3-9-4(5(8)12)6(13)10-3/h13H,1H2,(H2,7,11)(H2,8,12)(H,9,10). The molecule has 0 aliphatic carbocycles. The fraction of sp³-hybridized carbons (Fsp3) is 0.167. The summed E-state index contributed by atoms with van der Waals surface area (Å²) in [5, 5.41) is 9.02. The summed E-state index contributed by atoms with van der Waals surface area (Å²) in [5.41, 5.74) is 9.51. The Bertz CT molecular complexity index is 357. The van der Waals surface area contributed by atoms with E-state index in [1.807, 2.05) is 0 Å². The Morgan fingerprint density at radius 3 is 2.46 bits per heavy atom. The lowest BCUT2D eigenvalue weighted by Crippen LogP contribution is -2.15. The van der Waals surface area contributed by atoms with Gasteiger partial charge in [0, 0.05) is 0 Å². The van der Waals surface area contributed by atoms with E-state index in [2.05, 4.69) is 9.97 Å². The number of aromatic hydroxyl groups is 1. The highest BCUT2D eigenvalue weighted by molar-refractivity contribution is 5.93. The molecule has 0 fully saturated rings. The number of H-pyrrole nitrogens is 1. The van der Waals surface area contributed by atoms with Gasteiger partial charge in [-0.2, -0.15) is 4.98 Å². The van der Waals surface area contributed by atoms with Gasteiger partial charge in [0.05, 0.1) is 6.42 Å². The third-order valence-corrected chi connectivity index (χ3v) is 1.32. The van der Waals surface area contributed by atoms with E-state index in [1.54, 1.807) is 0 Å². The van der Waals surface area contributed by atoms with Crippen molar-refractivity contribution in [3.63, 3.8) is 0 Å². The van der Waals surface area contributed by atoms with Gasteiger partial charge in [0.2, 0.25) is 11.8 Å². The van der Waals surface area contributed by atoms with E-state index in [-0.39, 0.29) is 17.9 Å². The zero-order valence-corrected chi connectivity index (χ0v) is 6.57. The van der Waals surface area contributed by atoms with Gasteiger partial charge in [0.1, 0.15) is 5.82 Å². The minimum atomic E-state index is -0.847. The number of carbonyl (C=O) groups is 2. The Morgan fingerprint density at radius 2 is 2.08 bits per heavy atom. The molecule has 1 aromatic heterocycles. The Balaban J connectivity index is 2.95. The lowest BCUT2D eigenvalue weighted by molar-refractivity contribution is -0.117. The first kappa shape index (κ1) is 9.04. The Hall–Kier alpha value is -2.05. The van der Waals surface area contributed by atoms with Crippen LogP contribution in [0.4, 0.5) is 0 Å². The van der Waals surface area contributed by atoms with Gasteiger partial charge in [-0.15, -0.1) is 0 Å². The molecule has 0 radical (unpaired) electrons. The molecule has 2 amide bonds. The number of rotatable bonds is 3. The van der Waals surface area contributed by atoms with Crippen LogP contribution < -0.4 is 11.5 Å². The van der Waals surface area contributed by atoms with Gasteiger partial charge in [-0.1, -0.05) is 0 Å². The van der Waals surface area contributed by atoms with Crippen molar-refractivity contribution in [1.29, 1.82) is 0 Å². The number of primary amides is 2. The van der Waals surface area contributed by atoms with E-state index < -0.39 is 17.7 Å². The number of carbonyl (C=O) groups excluding carboxylic acids is 2. The number of imidazole rings is 1. The number of aromatic nitrogens is 2. The first-order valence-electron chi connectivity index (χ1n) is 3.36. The van der Waals surface area contributed by atoms with Crippen molar-refractivity contribution in [1.82, 2.24) is 9.97 Å². The van der Waals surface area contributed by atoms with E-state index in [0.717, 1.165) is 0 Å². The summed E-state index contributed by atoms with van der Waals surface area (Å²) in [7, 11) is 0. The molecule has 7 nitrogen and oxygen atoms in total. The molecule has 1 aromatic rings. The summed E-state index contributed by atoms with van der Waals surface area (Å²) < 4.78 is 0. The van der Waals surface area contributed by atoms with Crippen LogP contribution in [-0.4, -0.2) is 26.9 Å². The molecule has 70 valence electrons. The van der Waals surface area contributed by atoms with Crippen LogP contribution in [0, 0.1) is 0 Å². The molecule has 0 aromatic carbocycles. The zero-order chi connectivity index (χ0) is 10.0. The molecule has 0 aliphatic heterocycles. The third-order valence-electron chi connectivity index (χ3n) is 1.32. The summed E-state index contributed by atoms with van der Waals surface area (Å²) in [6.45, 7) is 0. The molecule has 1 rings (SSSR count). The van der Waals surface area contributed by atoms with Crippen LogP contribution in [0.1, 0.15) is 16.3 Å². The van der Waals surface area contributed by atoms with Crippen LogP contribution in [0.15, 0.2) is 0 Å². The summed E-state index contributed by atoms with van der Waals surface area (Å²) >= 11 is 0. The number of nitrogens with two attached hydrogens (primary N) is 2. The van der Waals surface area contributed by atoms with Gasteiger partial charge in [-0.05, 0) is 0 Å². The van der Waals surface area contributed by atoms with E-state index in [1.165, 1.54) is 0 Å². The normalized spacial score (nSPS) is 9.85. The smallest absolute Gasteiger partial charge is 0.270 e. The van der Waals surface area contributed by atoms with Crippen molar-refractivity contribution < 1.29 is 14.7 Å². The van der Waals surface area contributed by atoms with E-state index >= 15 is 0 Å². The minimum Gasteiger partial charge on any atom is -0.492 e. The molecule has 0 aliphatic rings. The molecule has 0 spiro atoms. The lowest BCUT2D eigenvalue weighted by Gasteiger charge is -1.88. The van der Waals surface area contributed by atoms with Gasteiger partial charge < -0.3 is 21.6 Å². The molecule has 0 saturated carbocycles. The molecular weight excluding hydrogens is 176 g/mol. The number of aromatic amines is 1. The van der Waals surface area contributed by atoms with Gasteiger partial charge >= 0.3 is 0 Å². The first-order chi connectivity index (χ1) is 6.00. The van der Waals surface area contributed by atoms with E-state index in [0.29, 0.717) is 0 Å². The van der Waals surface area contributed by atoms with E-state index in [9.17, 15) is 9.59 Å². The molecule has 0 bridgehead atoms. The fourth-order valence-electron chi connectivity index (χ4n) is 0.832. The molecular formula is C6H8N4O3. The molecule has 0 saturated heterocycles. The number of nitrogens with zero attached hydrogens (tertiary/aromatic N) is 1. The molecule has 0 atom stereocenters. The first-order valence-corrected chi connectivity index (χ1v) is 3.36. The predicted octanol–water partition coefficient (Wildman–Crippen LogP) is -1.76. The van der Waals surface area contributed by atoms with Crippen molar-refractivity contribution in [2.24, 2.45) is 11.5 Å². The van der Waals surface area contributed by atoms with Gasteiger partial charge in [-0.25, -0.2) is 0 Å². The maximum Gasteiger partial charge on any atom is 0.270 e. The topological polar surface area (TPSA) is 135 Å². The molecule has 0 unspecified atom stereocenters. The maximum atomic E-state index is 10.6. The van der Waals surface area contributed by atoms with Crippen molar-refractivity contribution >= 4 is 11.8 Å². The van der Waals surface area contributed by atoms with Crippen LogP contribution in [0.25, 0.3) is 0 Å². The number of nitrogens with one attached hydrogen (secondary N) is 1. The highest BCUT2D eigenvalue weighted by atomic mass is 16.3. The summed E-state index contributed by atoms with van der Waals surface area (Å²) in [6.07, 6.45) is -0.180. The van der Waals surface area contributed by atoms with Gasteiger partial charge in [0.25, 0.3) is 5.91 Å². The SMILES string of the molecule is NC(=O)Cc1nc(O)c(C(N)=O)[nH]1. The van der Waals surface area contributed by atoms with Gasteiger partial charge in [0.15, 0.2) is 5.69 Å². The second-order valence-corrected chi connectivity index (χ2v) is 2.39. The largest absolute Gasteiger partial charge is 0.492 e. The zero-order valence-electron chi connectivity index (χ0n) is 6.57. The second-order valence-electron chi connectivity index (χ2n) is 2.39. The second kappa shape index (κ2) is 3.13. The monoisotopic (exact) mass is 184 g/mol. The minimum absolute atomic E-state index is 0.110. The third kappa shape index (κ3) is 1.95.